The molecule has 2 rings (SSSR count). The minimum Gasteiger partial charge on any atom is -0.480 e. The first-order chi connectivity index (χ1) is 10.5. The van der Waals surface area contributed by atoms with Gasteiger partial charge in [0.1, 0.15) is 11.6 Å². The van der Waals surface area contributed by atoms with Crippen molar-refractivity contribution in [3.63, 3.8) is 0 Å². The van der Waals surface area contributed by atoms with E-state index in [0.717, 1.165) is 11.1 Å². The number of carbonyl (C=O) groups is 1. The zero-order valence-electron chi connectivity index (χ0n) is 13.0. The monoisotopic (exact) mass is 301 g/mol. The van der Waals surface area contributed by atoms with E-state index in [1.54, 1.807) is 0 Å². The van der Waals surface area contributed by atoms with Crippen LogP contribution in [0.5, 0.6) is 5.75 Å². The maximum absolute atomic E-state index is 12.9. The van der Waals surface area contributed by atoms with E-state index in [1.165, 1.54) is 24.3 Å². The van der Waals surface area contributed by atoms with Crippen LogP contribution < -0.4 is 10.1 Å². The molecule has 0 fully saturated rings. The van der Waals surface area contributed by atoms with E-state index in [1.807, 2.05) is 39.0 Å². The zero-order chi connectivity index (χ0) is 16.1. The Morgan fingerprint density at radius 2 is 1.86 bits per heavy atom. The quantitative estimate of drug-likeness (QED) is 0.897. The number of hydrogen-bond donors (Lipinski definition) is 1. The third-order valence-corrected chi connectivity index (χ3v) is 3.39. The summed E-state index contributed by atoms with van der Waals surface area (Å²) in [5, 5.41) is 2.74. The highest BCUT2D eigenvalue weighted by Crippen LogP contribution is 2.22. The average molecular weight is 301 g/mol. The predicted molar refractivity (Wildman–Crippen MR) is 85.7 cm³/mol. The molecule has 2 aromatic rings. The lowest BCUT2D eigenvalue weighted by molar-refractivity contribution is -0.122. The highest BCUT2D eigenvalue weighted by molar-refractivity contribution is 5.94. The second kappa shape index (κ2) is 7.07. The van der Waals surface area contributed by atoms with Gasteiger partial charge in [0.05, 0.1) is 0 Å². The molecule has 0 saturated carbocycles. The van der Waals surface area contributed by atoms with Crippen LogP contribution in [0.15, 0.2) is 42.5 Å². The Kier molecular flexibility index (Phi) is 5.15. The fourth-order valence-corrected chi connectivity index (χ4v) is 2.07. The third kappa shape index (κ3) is 4.07. The van der Waals surface area contributed by atoms with Crippen LogP contribution in [0.1, 0.15) is 24.5 Å². The summed E-state index contributed by atoms with van der Waals surface area (Å²) in [5.74, 6) is 0.132. The summed E-state index contributed by atoms with van der Waals surface area (Å²) in [4.78, 5) is 12.3. The Labute approximate surface area is 130 Å². The molecule has 0 aliphatic rings. The molecule has 116 valence electrons. The van der Waals surface area contributed by atoms with Crippen molar-refractivity contribution in [3.05, 3.63) is 59.4 Å². The Hall–Kier alpha value is -2.36. The van der Waals surface area contributed by atoms with Crippen molar-refractivity contribution < 1.29 is 13.9 Å². The molecule has 1 atom stereocenters. The first kappa shape index (κ1) is 16.0. The van der Waals surface area contributed by atoms with Gasteiger partial charge in [0.2, 0.25) is 0 Å². The van der Waals surface area contributed by atoms with Gasteiger partial charge in [0, 0.05) is 5.69 Å². The first-order valence-electron chi connectivity index (χ1n) is 7.30. The Morgan fingerprint density at radius 3 is 2.50 bits per heavy atom. The number of halogens is 1. The molecule has 2 aromatic carbocycles. The lowest BCUT2D eigenvalue weighted by atomic mass is 10.1. The summed E-state index contributed by atoms with van der Waals surface area (Å²) in [6.07, 6.45) is -0.0500. The van der Waals surface area contributed by atoms with Crippen LogP contribution in [0.2, 0.25) is 0 Å². The van der Waals surface area contributed by atoms with Crippen LogP contribution in [-0.2, 0) is 4.79 Å². The van der Waals surface area contributed by atoms with Gasteiger partial charge < -0.3 is 10.1 Å². The van der Waals surface area contributed by atoms with Gasteiger partial charge in [0.25, 0.3) is 5.91 Å². The first-order valence-corrected chi connectivity index (χ1v) is 7.30. The van der Waals surface area contributed by atoms with E-state index in [-0.39, 0.29) is 11.7 Å². The van der Waals surface area contributed by atoms with Crippen molar-refractivity contribution in [1.29, 1.82) is 0 Å². The lowest BCUT2D eigenvalue weighted by Gasteiger charge is -2.19. The van der Waals surface area contributed by atoms with Crippen LogP contribution in [0.4, 0.5) is 10.1 Å². The summed E-state index contributed by atoms with van der Waals surface area (Å²) in [5.41, 5.74) is 2.61. The normalized spacial score (nSPS) is 11.8. The van der Waals surface area contributed by atoms with E-state index in [0.29, 0.717) is 17.9 Å². The number of rotatable bonds is 5. The molecule has 0 saturated heterocycles. The average Bonchev–Trinajstić information content (AvgIpc) is 2.50. The van der Waals surface area contributed by atoms with Gasteiger partial charge in [-0.05, 0) is 61.7 Å². The highest BCUT2D eigenvalue weighted by atomic mass is 19.1. The van der Waals surface area contributed by atoms with Gasteiger partial charge in [-0.15, -0.1) is 0 Å². The van der Waals surface area contributed by atoms with Crippen molar-refractivity contribution in [2.75, 3.05) is 5.32 Å². The fraction of sp³-hybridized carbons (Fsp3) is 0.278. The van der Waals surface area contributed by atoms with Crippen LogP contribution in [-0.4, -0.2) is 12.0 Å². The molecule has 4 heteroatoms. The predicted octanol–water partition coefficient (Wildman–Crippen LogP) is 4.24. The smallest absolute Gasteiger partial charge is 0.265 e. The number of carbonyl (C=O) groups excluding carboxylic acids is 1. The standard InChI is InChI=1S/C18H20FNO2/c1-4-16(22-17-11-12(2)5-6-13(17)3)18(21)20-15-9-7-14(19)8-10-15/h5-11,16H,4H2,1-3H3,(H,20,21)/t16-/m0/s1. The molecule has 0 heterocycles. The maximum Gasteiger partial charge on any atom is 0.265 e. The third-order valence-electron chi connectivity index (χ3n) is 3.39. The largest absolute Gasteiger partial charge is 0.480 e. The number of amides is 1. The van der Waals surface area contributed by atoms with Gasteiger partial charge in [-0.1, -0.05) is 19.1 Å². The van der Waals surface area contributed by atoms with Crippen molar-refractivity contribution in [2.45, 2.75) is 33.3 Å². The van der Waals surface area contributed by atoms with Crippen LogP contribution in [0.3, 0.4) is 0 Å². The van der Waals surface area contributed by atoms with E-state index < -0.39 is 6.10 Å². The number of nitrogens with one attached hydrogen (secondary N) is 1. The molecular formula is C18H20FNO2. The van der Waals surface area contributed by atoms with Gasteiger partial charge in [-0.3, -0.25) is 4.79 Å². The molecule has 1 N–H and O–H groups in total. The van der Waals surface area contributed by atoms with Crippen LogP contribution in [0.25, 0.3) is 0 Å². The van der Waals surface area contributed by atoms with Gasteiger partial charge in [-0.2, -0.15) is 0 Å². The Morgan fingerprint density at radius 1 is 1.18 bits per heavy atom. The Bertz CT molecular complexity index is 653. The summed E-state index contributed by atoms with van der Waals surface area (Å²) < 4.78 is 18.7. The molecule has 0 spiro atoms. The van der Waals surface area contributed by atoms with Crippen molar-refractivity contribution >= 4 is 11.6 Å². The molecule has 22 heavy (non-hydrogen) atoms. The SMILES string of the molecule is CC[C@H](Oc1cc(C)ccc1C)C(=O)Nc1ccc(F)cc1. The minimum atomic E-state index is -0.592. The van der Waals surface area contributed by atoms with Gasteiger partial charge in [0.15, 0.2) is 6.10 Å². The van der Waals surface area contributed by atoms with Crippen molar-refractivity contribution in [2.24, 2.45) is 0 Å². The molecule has 3 nitrogen and oxygen atoms in total. The summed E-state index contributed by atoms with van der Waals surface area (Å²) in [6.45, 7) is 5.81. The molecule has 0 aliphatic carbocycles. The van der Waals surface area contributed by atoms with Crippen LogP contribution in [0, 0.1) is 19.7 Å². The molecule has 0 aliphatic heterocycles. The van der Waals surface area contributed by atoms with Crippen molar-refractivity contribution in [3.8, 4) is 5.75 Å². The highest BCUT2D eigenvalue weighted by Gasteiger charge is 2.19. The van der Waals surface area contributed by atoms with E-state index in [2.05, 4.69) is 5.32 Å². The minimum absolute atomic E-state index is 0.241. The van der Waals surface area contributed by atoms with Crippen LogP contribution >= 0.6 is 0 Å². The van der Waals surface area contributed by atoms with Gasteiger partial charge >= 0.3 is 0 Å². The number of anilines is 1. The van der Waals surface area contributed by atoms with E-state index in [9.17, 15) is 9.18 Å². The number of ether oxygens (including phenoxy) is 1. The second-order valence-electron chi connectivity index (χ2n) is 5.28. The summed E-state index contributed by atoms with van der Waals surface area (Å²) in [7, 11) is 0. The molecular weight excluding hydrogens is 281 g/mol. The summed E-state index contributed by atoms with van der Waals surface area (Å²) in [6, 6.07) is 11.6. The van der Waals surface area contributed by atoms with E-state index >= 15 is 0 Å². The maximum atomic E-state index is 12.9. The topological polar surface area (TPSA) is 38.3 Å². The van der Waals surface area contributed by atoms with Crippen molar-refractivity contribution in [1.82, 2.24) is 0 Å². The number of aryl methyl sites for hydroxylation is 2. The van der Waals surface area contributed by atoms with E-state index in [4.69, 9.17) is 4.74 Å². The van der Waals surface area contributed by atoms with Gasteiger partial charge in [-0.25, -0.2) is 4.39 Å². The fourth-order valence-electron chi connectivity index (χ4n) is 2.07. The lowest BCUT2D eigenvalue weighted by Crippen LogP contribution is -2.32. The number of hydrogen-bond acceptors (Lipinski definition) is 2. The molecule has 0 bridgehead atoms. The number of benzene rings is 2. The molecule has 1 amide bonds. The molecule has 0 unspecified atom stereocenters. The zero-order valence-corrected chi connectivity index (χ0v) is 13.0. The molecule has 0 radical (unpaired) electrons. The molecule has 0 aromatic heterocycles. The second-order valence-corrected chi connectivity index (χ2v) is 5.28. The summed E-state index contributed by atoms with van der Waals surface area (Å²) >= 11 is 0. The Balaban J connectivity index is 2.08.